The third kappa shape index (κ3) is 51.9. The minimum Gasteiger partial charge on any atom is -0.456 e. The van der Waals surface area contributed by atoms with Crippen molar-refractivity contribution in [1.82, 2.24) is 5.32 Å². The maximum Gasteiger partial charge on any atom is 0.472 e. The van der Waals surface area contributed by atoms with Gasteiger partial charge in [-0.25, -0.2) is 4.57 Å². The van der Waals surface area contributed by atoms with E-state index in [1.807, 2.05) is 33.3 Å². The lowest BCUT2D eigenvalue weighted by Crippen LogP contribution is -2.47. The van der Waals surface area contributed by atoms with E-state index < -0.39 is 20.0 Å². The summed E-state index contributed by atoms with van der Waals surface area (Å²) >= 11 is 0. The van der Waals surface area contributed by atoms with Crippen LogP contribution in [0.3, 0.4) is 0 Å². The number of rotatable bonds is 51. The molecule has 1 amide bonds. The van der Waals surface area contributed by atoms with Gasteiger partial charge in [0.1, 0.15) is 19.3 Å². The average Bonchev–Trinajstić information content (AvgIpc) is 3.33. The molecular formula is C61H110N2O7P+. The van der Waals surface area contributed by atoms with Gasteiger partial charge >= 0.3 is 13.8 Å². The largest absolute Gasteiger partial charge is 0.472 e. The van der Waals surface area contributed by atoms with Crippen molar-refractivity contribution in [1.29, 1.82) is 0 Å². The molecule has 0 aromatic rings. The maximum absolute atomic E-state index is 13.5. The fraction of sp³-hybridized carbons (Fsp3) is 0.738. The molecule has 0 aliphatic rings. The van der Waals surface area contributed by atoms with E-state index in [4.69, 9.17) is 13.8 Å². The Morgan fingerprint density at radius 2 is 0.915 bits per heavy atom. The van der Waals surface area contributed by atoms with Gasteiger partial charge in [-0.3, -0.25) is 18.6 Å². The van der Waals surface area contributed by atoms with Crippen LogP contribution < -0.4 is 5.32 Å². The quantitative estimate of drug-likeness (QED) is 0.0205. The Kier molecular flexibility index (Phi) is 48.7. The number of unbranched alkanes of at least 4 members (excludes halogenated alkanes) is 23. The van der Waals surface area contributed by atoms with Crippen molar-refractivity contribution in [2.45, 2.75) is 251 Å². The topological polar surface area (TPSA) is 111 Å². The molecule has 0 fully saturated rings. The van der Waals surface area contributed by atoms with Crippen molar-refractivity contribution in [2.24, 2.45) is 0 Å². The number of phosphoric acid groups is 1. The summed E-state index contributed by atoms with van der Waals surface area (Å²) in [5.41, 5.74) is 0. The fourth-order valence-corrected chi connectivity index (χ4v) is 8.56. The second-order valence-corrected chi connectivity index (χ2v) is 21.9. The van der Waals surface area contributed by atoms with Crippen LogP contribution in [0.1, 0.15) is 239 Å². The number of ether oxygens (including phenoxy) is 1. The number of esters is 1. The van der Waals surface area contributed by atoms with E-state index in [2.05, 4.69) is 99.0 Å². The minimum atomic E-state index is -4.45. The zero-order valence-corrected chi connectivity index (χ0v) is 47.6. The summed E-state index contributed by atoms with van der Waals surface area (Å²) in [6.45, 7) is 6.82. The number of nitrogens with one attached hydrogen (secondary N) is 1. The number of likely N-dealkylation sites (N-methyl/N-ethyl adjacent to an activating group) is 1. The molecular weight excluding hydrogens is 904 g/mol. The van der Waals surface area contributed by atoms with Crippen LogP contribution in [0.2, 0.25) is 0 Å². The first-order valence-corrected chi connectivity index (χ1v) is 30.4. The van der Waals surface area contributed by atoms with Gasteiger partial charge in [-0.2, -0.15) is 0 Å². The van der Waals surface area contributed by atoms with Crippen LogP contribution in [0.5, 0.6) is 0 Å². The highest BCUT2D eigenvalue weighted by Crippen LogP contribution is 2.43. The summed E-state index contributed by atoms with van der Waals surface area (Å²) in [6, 6.07) is -0.860. The molecule has 0 aliphatic heterocycles. The molecule has 0 aromatic heterocycles. The zero-order chi connectivity index (χ0) is 52.2. The van der Waals surface area contributed by atoms with E-state index in [0.717, 1.165) is 128 Å². The lowest BCUT2D eigenvalue weighted by atomic mass is 10.1. The van der Waals surface area contributed by atoms with Crippen LogP contribution in [0.15, 0.2) is 85.1 Å². The van der Waals surface area contributed by atoms with Crippen molar-refractivity contribution in [2.75, 3.05) is 40.9 Å². The van der Waals surface area contributed by atoms with Gasteiger partial charge in [0.15, 0.2) is 0 Å². The second kappa shape index (κ2) is 50.7. The van der Waals surface area contributed by atoms with Gasteiger partial charge in [0.2, 0.25) is 5.91 Å². The monoisotopic (exact) mass is 1010 g/mol. The molecule has 2 N–H and O–H groups in total. The van der Waals surface area contributed by atoms with Gasteiger partial charge < -0.3 is 19.4 Å². The van der Waals surface area contributed by atoms with Crippen LogP contribution in [-0.2, 0) is 27.9 Å². The molecule has 0 radical (unpaired) electrons. The van der Waals surface area contributed by atoms with E-state index >= 15 is 0 Å². The summed E-state index contributed by atoms with van der Waals surface area (Å²) in [5.74, 6) is -0.534. The van der Waals surface area contributed by atoms with E-state index in [-0.39, 0.29) is 31.5 Å². The molecule has 0 saturated heterocycles. The highest BCUT2D eigenvalue weighted by molar-refractivity contribution is 7.47. The fourth-order valence-electron chi connectivity index (χ4n) is 7.83. The van der Waals surface area contributed by atoms with E-state index in [1.54, 1.807) is 0 Å². The Bertz CT molecular complexity index is 1490. The highest BCUT2D eigenvalue weighted by atomic mass is 31.2. The maximum atomic E-state index is 13.5. The lowest BCUT2D eigenvalue weighted by Gasteiger charge is -2.27. The lowest BCUT2D eigenvalue weighted by molar-refractivity contribution is -0.870. The molecule has 0 heterocycles. The number of nitrogens with zero attached hydrogens (tertiary/aromatic N) is 1. The number of phosphoric ester groups is 1. The number of carbonyl (C=O) groups is 2. The van der Waals surface area contributed by atoms with E-state index in [0.29, 0.717) is 17.4 Å². The second-order valence-electron chi connectivity index (χ2n) is 20.4. The Morgan fingerprint density at radius 1 is 0.507 bits per heavy atom. The molecule has 0 aromatic carbocycles. The summed E-state index contributed by atoms with van der Waals surface area (Å²) in [7, 11) is 1.47. The molecule has 410 valence electrons. The van der Waals surface area contributed by atoms with Gasteiger partial charge in [0.25, 0.3) is 0 Å². The number of hydrogen-bond donors (Lipinski definition) is 2. The minimum absolute atomic E-state index is 0.0331. The third-order valence-electron chi connectivity index (χ3n) is 12.3. The molecule has 0 spiro atoms. The number of quaternary nitrogens is 1. The molecule has 3 atom stereocenters. The molecule has 3 unspecified atom stereocenters. The average molecular weight is 1010 g/mol. The SMILES string of the molecule is CC/C=C\C/C=C\C/C=C\C/C=C\C/C=C\CCCCCCCCCC(=O)NC(COP(=O)(O)OCC[N+](C)(C)C)C(/C=C\CCCCCCCCCCC)OC(=O)CCCCCCC/C=C\CCCC. The third-order valence-corrected chi connectivity index (χ3v) is 13.3. The van der Waals surface area contributed by atoms with E-state index in [1.165, 1.54) is 77.0 Å². The summed E-state index contributed by atoms with van der Waals surface area (Å²) in [6.07, 6.45) is 65.8. The smallest absolute Gasteiger partial charge is 0.456 e. The Hall–Kier alpha value is -2.81. The standard InChI is InChI=1S/C61H109N2O7P/c1-7-10-13-16-19-22-25-26-27-28-29-30-31-32-33-34-35-36-39-41-44-47-50-53-60(64)62-58(57-69-71(66,67)68-56-55-63(4,5)6)59(52-49-46-43-40-37-23-20-17-14-11-8-2)70-61(65)54-51-48-45-42-38-24-21-18-15-12-9-3/h10,13,18-19,21-22,26-27,29-30,32-33,49,52,58-59H,7-9,11-12,14-17,20,23-25,28,31,34-48,50-51,53-57H2,1-6H3,(H-,62,64,66,67)/p+1/b13-10-,21-18-,22-19-,27-26-,30-29-,33-32-,52-49-. The molecule has 0 bridgehead atoms. The Balaban J connectivity index is 5.21. The van der Waals surface area contributed by atoms with Gasteiger partial charge in [-0.05, 0) is 96.0 Å². The van der Waals surface area contributed by atoms with Crippen molar-refractivity contribution in [3.05, 3.63) is 85.1 Å². The highest BCUT2D eigenvalue weighted by Gasteiger charge is 2.30. The first kappa shape index (κ1) is 68.2. The summed E-state index contributed by atoms with van der Waals surface area (Å²) in [5, 5.41) is 3.04. The van der Waals surface area contributed by atoms with Crippen molar-refractivity contribution < 1.29 is 37.3 Å². The van der Waals surface area contributed by atoms with Gasteiger partial charge in [0, 0.05) is 12.8 Å². The van der Waals surface area contributed by atoms with Gasteiger partial charge in [-0.1, -0.05) is 215 Å². The molecule has 0 rings (SSSR count). The number of hydrogen-bond acceptors (Lipinski definition) is 6. The van der Waals surface area contributed by atoms with Crippen molar-refractivity contribution >= 4 is 19.7 Å². The predicted octanol–water partition coefficient (Wildman–Crippen LogP) is 17.4. The number of carbonyl (C=O) groups excluding carboxylic acids is 2. The first-order valence-electron chi connectivity index (χ1n) is 28.9. The Labute approximate surface area is 437 Å². The summed E-state index contributed by atoms with van der Waals surface area (Å²) in [4.78, 5) is 37.5. The number of allylic oxidation sites excluding steroid dienone is 13. The Morgan fingerprint density at radius 3 is 1.41 bits per heavy atom. The van der Waals surface area contributed by atoms with E-state index in [9.17, 15) is 19.0 Å². The first-order chi connectivity index (χ1) is 34.4. The molecule has 10 heteroatoms. The van der Waals surface area contributed by atoms with Crippen LogP contribution in [0.25, 0.3) is 0 Å². The van der Waals surface area contributed by atoms with Crippen molar-refractivity contribution in [3.63, 3.8) is 0 Å². The number of amides is 1. The molecule has 0 aliphatic carbocycles. The molecule has 9 nitrogen and oxygen atoms in total. The van der Waals surface area contributed by atoms with Crippen LogP contribution >= 0.6 is 7.82 Å². The predicted molar refractivity (Wildman–Crippen MR) is 304 cm³/mol. The van der Waals surface area contributed by atoms with Crippen molar-refractivity contribution in [3.8, 4) is 0 Å². The van der Waals surface area contributed by atoms with Gasteiger partial charge in [-0.15, -0.1) is 0 Å². The zero-order valence-electron chi connectivity index (χ0n) is 46.7. The normalized spacial score (nSPS) is 14.4. The van der Waals surface area contributed by atoms with Crippen LogP contribution in [0, 0.1) is 0 Å². The van der Waals surface area contributed by atoms with Gasteiger partial charge in [0.05, 0.1) is 33.8 Å². The molecule has 71 heavy (non-hydrogen) atoms. The molecule has 0 saturated carbocycles. The van der Waals surface area contributed by atoms with Crippen LogP contribution in [-0.4, -0.2) is 74.3 Å². The summed E-state index contributed by atoms with van der Waals surface area (Å²) < 4.78 is 30.6. The van der Waals surface area contributed by atoms with Crippen LogP contribution in [0.4, 0.5) is 0 Å².